The molecule has 102 valence electrons. The molecular formula is C13H11ClN4O2. The molecule has 1 aromatic rings. The van der Waals surface area contributed by atoms with Gasteiger partial charge in [0.2, 0.25) is 0 Å². The van der Waals surface area contributed by atoms with Crippen LogP contribution in [0.2, 0.25) is 5.02 Å². The normalized spacial score (nSPS) is 17.1. The zero-order valence-corrected chi connectivity index (χ0v) is 11.0. The third-order valence-corrected chi connectivity index (χ3v) is 3.00. The first-order valence-electron chi connectivity index (χ1n) is 5.60. The van der Waals surface area contributed by atoms with Crippen molar-refractivity contribution in [2.24, 2.45) is 11.5 Å². The summed E-state index contributed by atoms with van der Waals surface area (Å²) in [5.41, 5.74) is 17.2. The summed E-state index contributed by atoms with van der Waals surface area (Å²) in [5, 5.41) is 0.409. The molecule has 1 atom stereocenters. The van der Waals surface area contributed by atoms with Gasteiger partial charge in [-0.05, 0) is 12.1 Å². The maximum absolute atomic E-state index is 11.3. The number of primary amides is 1. The van der Waals surface area contributed by atoms with Crippen LogP contribution in [0.15, 0.2) is 29.6 Å². The van der Waals surface area contributed by atoms with Crippen LogP contribution in [-0.4, -0.2) is 18.2 Å². The Kier molecular flexibility index (Phi) is 3.94. The summed E-state index contributed by atoms with van der Waals surface area (Å²) in [4.78, 5) is 22.0. The smallest absolute Gasteiger partial charge is 0.250 e. The first-order chi connectivity index (χ1) is 9.52. The molecule has 7 heteroatoms. The Bertz CT molecular complexity index is 673. The molecule has 20 heavy (non-hydrogen) atoms. The fourth-order valence-electron chi connectivity index (χ4n) is 1.69. The number of carbonyl (C=O) groups excluding carboxylic acids is 2. The van der Waals surface area contributed by atoms with Crippen LogP contribution in [0.4, 0.5) is 0 Å². The van der Waals surface area contributed by atoms with Gasteiger partial charge in [0.1, 0.15) is 18.1 Å². The number of hydrogen-bond acceptors (Lipinski definition) is 5. The predicted molar refractivity (Wildman–Crippen MR) is 74.2 cm³/mol. The van der Waals surface area contributed by atoms with Crippen LogP contribution in [0, 0.1) is 11.8 Å². The second-order valence-electron chi connectivity index (χ2n) is 4.02. The number of hydrazine groups is 1. The van der Waals surface area contributed by atoms with E-state index in [-0.39, 0.29) is 11.4 Å². The quantitative estimate of drug-likeness (QED) is 0.439. The van der Waals surface area contributed by atoms with Gasteiger partial charge in [-0.25, -0.2) is 5.43 Å². The Labute approximate surface area is 120 Å². The lowest BCUT2D eigenvalue weighted by Crippen LogP contribution is -2.34. The van der Waals surface area contributed by atoms with E-state index < -0.39 is 11.9 Å². The van der Waals surface area contributed by atoms with E-state index in [0.717, 1.165) is 0 Å². The maximum Gasteiger partial charge on any atom is 0.250 e. The van der Waals surface area contributed by atoms with E-state index in [1.54, 1.807) is 18.2 Å². The van der Waals surface area contributed by atoms with Gasteiger partial charge in [-0.15, -0.1) is 0 Å². The van der Waals surface area contributed by atoms with Crippen molar-refractivity contribution in [3.8, 4) is 11.8 Å². The molecule has 1 aromatic carbocycles. The number of amides is 1. The van der Waals surface area contributed by atoms with Crippen molar-refractivity contribution in [1.82, 2.24) is 10.9 Å². The van der Waals surface area contributed by atoms with E-state index in [0.29, 0.717) is 22.4 Å². The lowest BCUT2D eigenvalue weighted by molar-refractivity contribution is -0.114. The number of aldehydes is 1. The van der Waals surface area contributed by atoms with Crippen LogP contribution < -0.4 is 22.3 Å². The standard InChI is InChI=1S/C13H11ClN4O2/c14-9-3-1-7(6-19)5-8(9)2-4-10-11(13(16)20)12(15)18-17-10/h1,3,5-6,10,17-18H,15H2,(H2,16,20). The molecule has 0 aliphatic carbocycles. The second-order valence-corrected chi connectivity index (χ2v) is 4.43. The van der Waals surface area contributed by atoms with Gasteiger partial charge in [0, 0.05) is 11.1 Å². The van der Waals surface area contributed by atoms with Gasteiger partial charge in [0.15, 0.2) is 0 Å². The summed E-state index contributed by atoms with van der Waals surface area (Å²) in [6.07, 6.45) is 0.698. The molecule has 6 nitrogen and oxygen atoms in total. The average Bonchev–Trinajstić information content (AvgIpc) is 2.79. The highest BCUT2D eigenvalue weighted by atomic mass is 35.5. The van der Waals surface area contributed by atoms with Gasteiger partial charge < -0.3 is 16.9 Å². The molecule has 1 aliphatic rings. The molecular weight excluding hydrogens is 280 g/mol. The van der Waals surface area contributed by atoms with Crippen molar-refractivity contribution in [3.63, 3.8) is 0 Å². The number of nitrogens with one attached hydrogen (secondary N) is 2. The van der Waals surface area contributed by atoms with Crippen molar-refractivity contribution in [2.75, 3.05) is 0 Å². The van der Waals surface area contributed by atoms with Crippen LogP contribution >= 0.6 is 11.6 Å². The molecule has 1 amide bonds. The molecule has 0 bridgehead atoms. The van der Waals surface area contributed by atoms with E-state index in [1.165, 1.54) is 0 Å². The number of rotatable bonds is 2. The highest BCUT2D eigenvalue weighted by Gasteiger charge is 2.26. The SMILES string of the molecule is NC(=O)C1=C(N)NNC1C#Cc1cc(C=O)ccc1Cl. The first kappa shape index (κ1) is 13.9. The summed E-state index contributed by atoms with van der Waals surface area (Å²) in [5.74, 6) is 5.07. The Hall–Kier alpha value is -2.49. The highest BCUT2D eigenvalue weighted by Crippen LogP contribution is 2.16. The number of nitrogens with two attached hydrogens (primary N) is 2. The lowest BCUT2D eigenvalue weighted by atomic mass is 10.1. The summed E-state index contributed by atoms with van der Waals surface area (Å²) in [7, 11) is 0. The van der Waals surface area contributed by atoms with Gasteiger partial charge in [0.05, 0.1) is 10.6 Å². The first-order valence-corrected chi connectivity index (χ1v) is 5.98. The van der Waals surface area contributed by atoms with Crippen molar-refractivity contribution in [3.05, 3.63) is 45.7 Å². The van der Waals surface area contributed by atoms with E-state index >= 15 is 0 Å². The van der Waals surface area contributed by atoms with Gasteiger partial charge in [-0.2, -0.15) is 0 Å². The van der Waals surface area contributed by atoms with Crippen molar-refractivity contribution in [1.29, 1.82) is 0 Å². The Morgan fingerprint density at radius 2 is 2.20 bits per heavy atom. The van der Waals surface area contributed by atoms with E-state index in [1.807, 2.05) is 0 Å². The van der Waals surface area contributed by atoms with Crippen LogP contribution in [0.5, 0.6) is 0 Å². The van der Waals surface area contributed by atoms with Gasteiger partial charge in [-0.3, -0.25) is 9.59 Å². The lowest BCUT2D eigenvalue weighted by Gasteiger charge is -2.03. The second kappa shape index (κ2) is 5.65. The molecule has 2 rings (SSSR count). The molecule has 0 spiro atoms. The fourth-order valence-corrected chi connectivity index (χ4v) is 1.85. The third kappa shape index (κ3) is 2.74. The largest absolute Gasteiger partial charge is 0.384 e. The van der Waals surface area contributed by atoms with Crippen LogP contribution in [0.1, 0.15) is 15.9 Å². The van der Waals surface area contributed by atoms with E-state index in [9.17, 15) is 9.59 Å². The van der Waals surface area contributed by atoms with Crippen molar-refractivity contribution < 1.29 is 9.59 Å². The molecule has 1 aliphatic heterocycles. The molecule has 6 N–H and O–H groups in total. The monoisotopic (exact) mass is 290 g/mol. The Morgan fingerprint density at radius 3 is 2.85 bits per heavy atom. The molecule has 1 unspecified atom stereocenters. The predicted octanol–water partition coefficient (Wildman–Crippen LogP) is -0.364. The fraction of sp³-hybridized carbons (Fsp3) is 0.0769. The molecule has 0 fully saturated rings. The zero-order valence-electron chi connectivity index (χ0n) is 10.2. The molecule has 1 heterocycles. The number of benzene rings is 1. The molecule has 0 radical (unpaired) electrons. The average molecular weight is 291 g/mol. The van der Waals surface area contributed by atoms with Crippen molar-refractivity contribution in [2.45, 2.75) is 6.04 Å². The van der Waals surface area contributed by atoms with E-state index in [4.69, 9.17) is 23.1 Å². The highest BCUT2D eigenvalue weighted by molar-refractivity contribution is 6.31. The number of hydrogen-bond donors (Lipinski definition) is 4. The van der Waals surface area contributed by atoms with Gasteiger partial charge >= 0.3 is 0 Å². The minimum Gasteiger partial charge on any atom is -0.384 e. The summed E-state index contributed by atoms with van der Waals surface area (Å²) in [6, 6.07) is 4.09. The maximum atomic E-state index is 11.3. The summed E-state index contributed by atoms with van der Waals surface area (Å²) < 4.78 is 0. The Balaban J connectivity index is 2.32. The zero-order chi connectivity index (χ0) is 14.7. The summed E-state index contributed by atoms with van der Waals surface area (Å²) in [6.45, 7) is 0. The molecule has 0 saturated carbocycles. The summed E-state index contributed by atoms with van der Waals surface area (Å²) >= 11 is 5.98. The number of carbonyl (C=O) groups is 2. The van der Waals surface area contributed by atoms with Gasteiger partial charge in [-0.1, -0.05) is 29.5 Å². The van der Waals surface area contributed by atoms with Gasteiger partial charge in [0.25, 0.3) is 5.91 Å². The third-order valence-electron chi connectivity index (χ3n) is 2.67. The topological polar surface area (TPSA) is 110 Å². The Morgan fingerprint density at radius 1 is 1.45 bits per heavy atom. The van der Waals surface area contributed by atoms with E-state index in [2.05, 4.69) is 22.7 Å². The minimum absolute atomic E-state index is 0.143. The number of halogens is 1. The van der Waals surface area contributed by atoms with Crippen molar-refractivity contribution >= 4 is 23.8 Å². The van der Waals surface area contributed by atoms with Crippen LogP contribution in [0.3, 0.4) is 0 Å². The van der Waals surface area contributed by atoms with Crippen LogP contribution in [-0.2, 0) is 4.79 Å². The molecule has 0 aromatic heterocycles. The van der Waals surface area contributed by atoms with Crippen LogP contribution in [0.25, 0.3) is 0 Å². The molecule has 0 saturated heterocycles. The minimum atomic E-state index is -0.660.